The Bertz CT molecular complexity index is 1150. The molecule has 1 aliphatic rings. The second-order valence-corrected chi connectivity index (χ2v) is 8.75. The van der Waals surface area contributed by atoms with E-state index in [2.05, 4.69) is 0 Å². The highest BCUT2D eigenvalue weighted by Gasteiger charge is 2.47. The first-order valence-electron chi connectivity index (χ1n) is 11.3. The van der Waals surface area contributed by atoms with Crippen LogP contribution >= 0.6 is 0 Å². The average molecular weight is 487 g/mol. The summed E-state index contributed by atoms with van der Waals surface area (Å²) in [5, 5.41) is 9.11. The van der Waals surface area contributed by atoms with Gasteiger partial charge in [-0.15, -0.1) is 0 Å². The molecule has 0 aromatic heterocycles. The lowest BCUT2D eigenvalue weighted by Gasteiger charge is -2.26. The van der Waals surface area contributed by atoms with E-state index >= 15 is 0 Å². The van der Waals surface area contributed by atoms with Gasteiger partial charge in [0, 0.05) is 24.7 Å². The smallest absolute Gasteiger partial charge is 0.393 e. The number of aliphatic carboxylic acids is 1. The van der Waals surface area contributed by atoms with E-state index in [-0.39, 0.29) is 25.2 Å². The van der Waals surface area contributed by atoms with E-state index in [0.717, 1.165) is 11.1 Å². The van der Waals surface area contributed by atoms with Crippen molar-refractivity contribution in [1.82, 2.24) is 0 Å². The number of ether oxygens (including phenoxy) is 1. The van der Waals surface area contributed by atoms with Crippen LogP contribution in [0.5, 0.6) is 5.75 Å². The Morgan fingerprint density at radius 2 is 1.63 bits per heavy atom. The normalized spacial score (nSPS) is 18.0. The van der Waals surface area contributed by atoms with Crippen LogP contribution in [0.15, 0.2) is 72.8 Å². The maximum atomic E-state index is 13.8. The van der Waals surface area contributed by atoms with Crippen LogP contribution in [0.4, 0.5) is 23.2 Å². The molecule has 35 heavy (non-hydrogen) atoms. The van der Waals surface area contributed by atoms with Crippen LogP contribution in [0.3, 0.4) is 0 Å². The van der Waals surface area contributed by atoms with Crippen LogP contribution in [0, 0.1) is 11.7 Å². The average Bonchev–Trinajstić information content (AvgIpc) is 3.24. The lowest BCUT2D eigenvalue weighted by atomic mass is 10.0. The summed E-state index contributed by atoms with van der Waals surface area (Å²) >= 11 is 0. The minimum atomic E-state index is -4.36. The zero-order valence-electron chi connectivity index (χ0n) is 18.8. The van der Waals surface area contributed by atoms with Crippen LogP contribution in [0.25, 0.3) is 0 Å². The molecular weight excluding hydrogens is 462 g/mol. The predicted molar refractivity (Wildman–Crippen MR) is 124 cm³/mol. The van der Waals surface area contributed by atoms with Crippen molar-refractivity contribution in [2.24, 2.45) is 5.92 Å². The van der Waals surface area contributed by atoms with Crippen LogP contribution in [0.1, 0.15) is 29.5 Å². The number of benzene rings is 3. The van der Waals surface area contributed by atoms with E-state index in [1.807, 2.05) is 24.3 Å². The molecule has 3 aromatic carbocycles. The molecule has 1 N–H and O–H groups in total. The third-order valence-corrected chi connectivity index (χ3v) is 6.24. The Morgan fingerprint density at radius 3 is 2.26 bits per heavy atom. The van der Waals surface area contributed by atoms with Crippen molar-refractivity contribution in [3.05, 3.63) is 95.3 Å². The predicted octanol–water partition coefficient (Wildman–Crippen LogP) is 6.23. The van der Waals surface area contributed by atoms with Crippen LogP contribution in [0.2, 0.25) is 0 Å². The fraction of sp³-hybridized carbons (Fsp3) is 0.296. The van der Waals surface area contributed by atoms with E-state index in [1.54, 1.807) is 42.5 Å². The lowest BCUT2D eigenvalue weighted by molar-refractivity contribution is -0.169. The number of carbonyl (C=O) groups is 1. The molecule has 0 radical (unpaired) electrons. The van der Waals surface area contributed by atoms with Gasteiger partial charge in [-0.2, -0.15) is 13.2 Å². The van der Waals surface area contributed by atoms with Crippen molar-refractivity contribution < 1.29 is 32.2 Å². The van der Waals surface area contributed by atoms with Crippen LogP contribution in [-0.2, 0) is 17.8 Å². The maximum Gasteiger partial charge on any atom is 0.393 e. The molecule has 0 saturated carbocycles. The molecular formula is C27H25F4NO3. The zero-order chi connectivity index (χ0) is 25.0. The van der Waals surface area contributed by atoms with Crippen molar-refractivity contribution >= 4 is 11.7 Å². The van der Waals surface area contributed by atoms with Crippen molar-refractivity contribution in [3.8, 4) is 5.75 Å². The molecule has 8 heteroatoms. The van der Waals surface area contributed by atoms with Gasteiger partial charge in [0.1, 0.15) is 18.2 Å². The third-order valence-electron chi connectivity index (χ3n) is 6.24. The highest BCUT2D eigenvalue weighted by Crippen LogP contribution is 2.40. The number of hydrogen-bond acceptors (Lipinski definition) is 3. The van der Waals surface area contributed by atoms with Gasteiger partial charge in [-0.3, -0.25) is 4.79 Å². The first kappa shape index (κ1) is 24.6. The van der Waals surface area contributed by atoms with Gasteiger partial charge in [-0.05, 0) is 53.4 Å². The van der Waals surface area contributed by atoms with Gasteiger partial charge in [-0.1, -0.05) is 42.5 Å². The van der Waals surface area contributed by atoms with Gasteiger partial charge in [0.05, 0.1) is 12.3 Å². The first-order valence-corrected chi connectivity index (χ1v) is 11.3. The number of halogens is 4. The second-order valence-electron chi connectivity index (χ2n) is 8.75. The summed E-state index contributed by atoms with van der Waals surface area (Å²) < 4.78 is 59.3. The minimum absolute atomic E-state index is 0.235. The summed E-state index contributed by atoms with van der Waals surface area (Å²) in [4.78, 5) is 12.7. The Labute approximate surface area is 200 Å². The van der Waals surface area contributed by atoms with Crippen LogP contribution in [-0.4, -0.2) is 29.8 Å². The van der Waals surface area contributed by atoms with E-state index in [4.69, 9.17) is 9.84 Å². The van der Waals surface area contributed by atoms with Crippen molar-refractivity contribution in [1.29, 1.82) is 0 Å². The number of hydrogen-bond donors (Lipinski definition) is 1. The number of carboxylic acid groups (broad SMARTS) is 1. The third kappa shape index (κ3) is 6.32. The minimum Gasteiger partial charge on any atom is -0.489 e. The maximum absolute atomic E-state index is 13.8. The summed E-state index contributed by atoms with van der Waals surface area (Å²) in [7, 11) is 0. The topological polar surface area (TPSA) is 49.8 Å². The first-order chi connectivity index (χ1) is 16.7. The van der Waals surface area contributed by atoms with Gasteiger partial charge in [0.15, 0.2) is 0 Å². The summed E-state index contributed by atoms with van der Waals surface area (Å²) in [6.07, 6.45) is -4.46. The molecule has 2 unspecified atom stereocenters. The fourth-order valence-electron chi connectivity index (χ4n) is 4.38. The van der Waals surface area contributed by atoms with Crippen LogP contribution < -0.4 is 9.64 Å². The Kier molecular flexibility index (Phi) is 7.28. The Morgan fingerprint density at radius 1 is 0.971 bits per heavy atom. The zero-order valence-corrected chi connectivity index (χ0v) is 18.8. The number of carboxylic acids is 1. The highest BCUT2D eigenvalue weighted by molar-refractivity contribution is 5.69. The molecule has 1 heterocycles. The van der Waals surface area contributed by atoms with Crippen molar-refractivity contribution in [2.45, 2.75) is 38.1 Å². The van der Waals surface area contributed by atoms with Crippen molar-refractivity contribution in [3.63, 3.8) is 0 Å². The molecule has 0 bridgehead atoms. The standard InChI is InChI=1S/C27H25F4NO3/c28-25-4-2-1-3-20(25)13-18-5-7-19(8-6-18)17-35-24-11-9-22(10-12-24)32-16-21(27(29,30)31)14-23(32)15-26(33)34/h1-12,21,23H,13-17H2,(H,33,34). The Balaban J connectivity index is 1.36. The van der Waals surface area contributed by atoms with E-state index in [9.17, 15) is 22.4 Å². The van der Waals surface area contributed by atoms with Crippen molar-refractivity contribution in [2.75, 3.05) is 11.4 Å². The number of alkyl halides is 3. The Hall–Kier alpha value is -3.55. The molecule has 1 aliphatic heterocycles. The molecule has 4 nitrogen and oxygen atoms in total. The largest absolute Gasteiger partial charge is 0.489 e. The van der Waals surface area contributed by atoms with Gasteiger partial charge >= 0.3 is 12.1 Å². The SMILES string of the molecule is O=C(O)CC1CC(C(F)(F)F)CN1c1ccc(OCc2ccc(Cc3ccccc3F)cc2)cc1. The number of rotatable bonds is 8. The molecule has 4 rings (SSSR count). The molecule has 0 amide bonds. The monoisotopic (exact) mass is 487 g/mol. The van der Waals surface area contributed by atoms with Gasteiger partial charge in [0.2, 0.25) is 0 Å². The quantitative estimate of drug-likeness (QED) is 0.383. The molecule has 184 valence electrons. The van der Waals surface area contributed by atoms with E-state index in [0.29, 0.717) is 30.0 Å². The van der Waals surface area contributed by atoms with Gasteiger partial charge in [0.25, 0.3) is 0 Å². The summed E-state index contributed by atoms with van der Waals surface area (Å²) in [5.41, 5.74) is 3.05. The summed E-state index contributed by atoms with van der Waals surface area (Å²) in [6, 6.07) is 20.2. The lowest BCUT2D eigenvalue weighted by Crippen LogP contribution is -2.32. The van der Waals surface area contributed by atoms with E-state index < -0.39 is 24.1 Å². The fourth-order valence-corrected chi connectivity index (χ4v) is 4.38. The summed E-state index contributed by atoms with van der Waals surface area (Å²) in [5.74, 6) is -2.36. The molecule has 3 aromatic rings. The molecule has 1 fully saturated rings. The summed E-state index contributed by atoms with van der Waals surface area (Å²) in [6.45, 7) is 0.0295. The number of nitrogens with zero attached hydrogens (tertiary/aromatic N) is 1. The van der Waals surface area contributed by atoms with E-state index in [1.165, 1.54) is 11.0 Å². The molecule has 0 spiro atoms. The van der Waals surface area contributed by atoms with Gasteiger partial charge < -0.3 is 14.7 Å². The number of anilines is 1. The highest BCUT2D eigenvalue weighted by atomic mass is 19.4. The molecule has 2 atom stereocenters. The van der Waals surface area contributed by atoms with Gasteiger partial charge in [-0.25, -0.2) is 4.39 Å². The molecule has 1 saturated heterocycles. The molecule has 0 aliphatic carbocycles. The second kappa shape index (κ2) is 10.4.